The molecule has 124 valence electrons. The van der Waals surface area contributed by atoms with Crippen LogP contribution in [-0.4, -0.2) is 37.0 Å². The lowest BCUT2D eigenvalue weighted by Crippen LogP contribution is -2.45. The number of fused-ring (bicyclic) bond motifs is 1. The minimum Gasteiger partial charge on any atom is -0.396 e. The van der Waals surface area contributed by atoms with E-state index in [2.05, 4.69) is 0 Å². The number of aliphatic hydroxyl groups is 1. The second-order valence-electron chi connectivity index (χ2n) is 6.14. The lowest BCUT2D eigenvalue weighted by atomic mass is 9.94. The molecule has 23 heavy (non-hydrogen) atoms. The zero-order valence-corrected chi connectivity index (χ0v) is 13.8. The Morgan fingerprint density at radius 1 is 1.26 bits per heavy atom. The minimum absolute atomic E-state index is 0.0581. The van der Waals surface area contributed by atoms with E-state index in [0.29, 0.717) is 30.2 Å². The standard InChI is InChI=1S/C17H20FNO3S/c1-12-10-13(11-20)8-9-19(12)23(21,22)16-7-6-14-4-2-3-5-15(14)17(16)18/h2-7,12-13,20H,8-11H2,1H3/t12-,13-/m0/s1. The van der Waals surface area contributed by atoms with Crippen molar-refractivity contribution in [3.05, 3.63) is 42.2 Å². The van der Waals surface area contributed by atoms with Crippen molar-refractivity contribution in [3.8, 4) is 0 Å². The summed E-state index contributed by atoms with van der Waals surface area (Å²) in [5, 5.41) is 10.2. The zero-order chi connectivity index (χ0) is 16.6. The molecule has 1 saturated heterocycles. The molecule has 1 fully saturated rings. The first-order chi connectivity index (χ1) is 10.9. The molecule has 4 nitrogen and oxygen atoms in total. The molecule has 1 aliphatic rings. The summed E-state index contributed by atoms with van der Waals surface area (Å²) in [5.41, 5.74) is 0. The van der Waals surface area contributed by atoms with E-state index in [4.69, 9.17) is 0 Å². The molecule has 0 spiro atoms. The number of sulfonamides is 1. The van der Waals surface area contributed by atoms with E-state index in [1.807, 2.05) is 0 Å². The second-order valence-corrected chi connectivity index (χ2v) is 8.00. The average molecular weight is 337 g/mol. The van der Waals surface area contributed by atoms with Crippen LogP contribution in [0.5, 0.6) is 0 Å². The maximum Gasteiger partial charge on any atom is 0.246 e. The number of benzene rings is 2. The van der Waals surface area contributed by atoms with E-state index in [-0.39, 0.29) is 23.5 Å². The quantitative estimate of drug-likeness (QED) is 0.937. The van der Waals surface area contributed by atoms with E-state index in [0.717, 1.165) is 0 Å². The fourth-order valence-electron chi connectivity index (χ4n) is 3.31. The third kappa shape index (κ3) is 2.86. The first-order valence-electron chi connectivity index (χ1n) is 7.75. The van der Waals surface area contributed by atoms with Crippen LogP contribution in [0.15, 0.2) is 41.3 Å². The molecule has 2 atom stereocenters. The van der Waals surface area contributed by atoms with Crippen LogP contribution in [0.1, 0.15) is 19.8 Å². The van der Waals surface area contributed by atoms with Crippen LogP contribution in [0.3, 0.4) is 0 Å². The molecule has 0 radical (unpaired) electrons. The van der Waals surface area contributed by atoms with Gasteiger partial charge in [-0.1, -0.05) is 30.3 Å². The van der Waals surface area contributed by atoms with Crippen LogP contribution in [0.4, 0.5) is 4.39 Å². The van der Waals surface area contributed by atoms with Crippen molar-refractivity contribution < 1.29 is 17.9 Å². The molecule has 2 aromatic rings. The molecule has 0 bridgehead atoms. The van der Waals surface area contributed by atoms with Gasteiger partial charge in [-0.05, 0) is 37.1 Å². The van der Waals surface area contributed by atoms with Crippen molar-refractivity contribution in [1.82, 2.24) is 4.31 Å². The minimum atomic E-state index is -3.89. The van der Waals surface area contributed by atoms with Crippen LogP contribution < -0.4 is 0 Å². The molecule has 0 aromatic heterocycles. The lowest BCUT2D eigenvalue weighted by molar-refractivity contribution is 0.140. The summed E-state index contributed by atoms with van der Waals surface area (Å²) >= 11 is 0. The Labute approximate surface area is 135 Å². The SMILES string of the molecule is C[C@H]1C[C@@H](CO)CCN1S(=O)(=O)c1ccc2ccccc2c1F. The maximum absolute atomic E-state index is 14.7. The number of piperidine rings is 1. The summed E-state index contributed by atoms with van der Waals surface area (Å²) in [6, 6.07) is 9.55. The van der Waals surface area contributed by atoms with Gasteiger partial charge in [0.2, 0.25) is 10.0 Å². The zero-order valence-electron chi connectivity index (χ0n) is 12.9. The smallest absolute Gasteiger partial charge is 0.246 e. The Kier molecular flexibility index (Phi) is 4.40. The van der Waals surface area contributed by atoms with Gasteiger partial charge in [-0.15, -0.1) is 0 Å². The first kappa shape index (κ1) is 16.4. The Hall–Kier alpha value is -1.50. The summed E-state index contributed by atoms with van der Waals surface area (Å²) < 4.78 is 41.9. The lowest BCUT2D eigenvalue weighted by Gasteiger charge is -2.36. The molecule has 3 rings (SSSR count). The Balaban J connectivity index is 2.02. The normalized spacial score (nSPS) is 23.3. The number of nitrogens with zero attached hydrogens (tertiary/aromatic N) is 1. The van der Waals surface area contributed by atoms with Crippen molar-refractivity contribution >= 4 is 20.8 Å². The predicted molar refractivity (Wildman–Crippen MR) is 87.1 cm³/mol. The number of halogens is 1. The number of hydrogen-bond donors (Lipinski definition) is 1. The van der Waals surface area contributed by atoms with Gasteiger partial charge in [-0.3, -0.25) is 0 Å². The third-order valence-corrected chi connectivity index (χ3v) is 6.63. The van der Waals surface area contributed by atoms with Gasteiger partial charge in [0.25, 0.3) is 0 Å². The van der Waals surface area contributed by atoms with E-state index in [1.165, 1.54) is 10.4 Å². The Bertz CT molecular complexity index is 822. The van der Waals surface area contributed by atoms with Gasteiger partial charge in [-0.25, -0.2) is 12.8 Å². The Morgan fingerprint density at radius 3 is 2.70 bits per heavy atom. The van der Waals surface area contributed by atoms with E-state index in [9.17, 15) is 17.9 Å². The summed E-state index contributed by atoms with van der Waals surface area (Å²) in [5.74, 6) is -0.586. The first-order valence-corrected chi connectivity index (χ1v) is 9.19. The second kappa shape index (κ2) is 6.19. The van der Waals surface area contributed by atoms with Gasteiger partial charge in [0.15, 0.2) is 5.82 Å². The van der Waals surface area contributed by atoms with Gasteiger partial charge >= 0.3 is 0 Å². The highest BCUT2D eigenvalue weighted by Gasteiger charge is 2.36. The topological polar surface area (TPSA) is 57.6 Å². The van der Waals surface area contributed by atoms with Crippen molar-refractivity contribution in [1.29, 1.82) is 0 Å². The molecule has 6 heteroatoms. The van der Waals surface area contributed by atoms with Crippen LogP contribution >= 0.6 is 0 Å². The third-order valence-electron chi connectivity index (χ3n) is 4.60. The Morgan fingerprint density at radius 2 is 2.00 bits per heavy atom. The van der Waals surface area contributed by atoms with E-state index in [1.54, 1.807) is 37.3 Å². The molecule has 2 aromatic carbocycles. The monoisotopic (exact) mass is 337 g/mol. The molecule has 0 unspecified atom stereocenters. The highest BCUT2D eigenvalue weighted by Crippen LogP contribution is 2.31. The van der Waals surface area contributed by atoms with Crippen molar-refractivity contribution in [2.45, 2.75) is 30.7 Å². The molecule has 1 N–H and O–H groups in total. The maximum atomic E-state index is 14.7. The van der Waals surface area contributed by atoms with Crippen LogP contribution in [-0.2, 0) is 10.0 Å². The average Bonchev–Trinajstić information content (AvgIpc) is 2.54. The fourth-order valence-corrected chi connectivity index (χ4v) is 5.04. The van der Waals surface area contributed by atoms with Crippen molar-refractivity contribution in [3.63, 3.8) is 0 Å². The van der Waals surface area contributed by atoms with Crippen LogP contribution in [0.2, 0.25) is 0 Å². The summed E-state index contributed by atoms with van der Waals surface area (Å²) in [6.07, 6.45) is 1.18. The van der Waals surface area contributed by atoms with E-state index >= 15 is 0 Å². The van der Waals surface area contributed by atoms with E-state index < -0.39 is 15.8 Å². The number of aliphatic hydroxyl groups excluding tert-OH is 1. The largest absolute Gasteiger partial charge is 0.396 e. The molecular formula is C17H20FNO3S. The van der Waals surface area contributed by atoms with Crippen molar-refractivity contribution in [2.75, 3.05) is 13.2 Å². The summed E-state index contributed by atoms with van der Waals surface area (Å²) in [4.78, 5) is -0.273. The van der Waals surface area contributed by atoms with Gasteiger partial charge in [0, 0.05) is 24.6 Å². The summed E-state index contributed by atoms with van der Waals surface area (Å²) in [7, 11) is -3.89. The predicted octanol–water partition coefficient (Wildman–Crippen LogP) is 2.76. The molecule has 0 amide bonds. The molecular weight excluding hydrogens is 317 g/mol. The van der Waals surface area contributed by atoms with Gasteiger partial charge in [0.1, 0.15) is 4.90 Å². The molecule has 0 aliphatic carbocycles. The van der Waals surface area contributed by atoms with Gasteiger partial charge < -0.3 is 5.11 Å². The van der Waals surface area contributed by atoms with Gasteiger partial charge in [0.05, 0.1) is 0 Å². The summed E-state index contributed by atoms with van der Waals surface area (Å²) in [6.45, 7) is 2.17. The van der Waals surface area contributed by atoms with Crippen molar-refractivity contribution in [2.24, 2.45) is 5.92 Å². The molecule has 0 saturated carbocycles. The highest BCUT2D eigenvalue weighted by molar-refractivity contribution is 7.89. The van der Waals surface area contributed by atoms with Gasteiger partial charge in [-0.2, -0.15) is 4.31 Å². The molecule has 1 heterocycles. The highest BCUT2D eigenvalue weighted by atomic mass is 32.2. The van der Waals surface area contributed by atoms with Crippen LogP contribution in [0, 0.1) is 11.7 Å². The number of rotatable bonds is 3. The number of hydrogen-bond acceptors (Lipinski definition) is 3. The van der Waals surface area contributed by atoms with Crippen LogP contribution in [0.25, 0.3) is 10.8 Å². The molecule has 1 aliphatic heterocycles. The fraction of sp³-hybridized carbons (Fsp3) is 0.412.